The number of hydrogen-bond acceptors (Lipinski definition) is 5. The summed E-state index contributed by atoms with van der Waals surface area (Å²) in [4.78, 5) is 29.0. The van der Waals surface area contributed by atoms with Gasteiger partial charge in [0.05, 0.1) is 23.9 Å². The van der Waals surface area contributed by atoms with Crippen LogP contribution < -0.4 is 15.4 Å². The minimum atomic E-state index is -0.355. The third kappa shape index (κ3) is 3.84. The van der Waals surface area contributed by atoms with Crippen molar-refractivity contribution in [2.24, 2.45) is 0 Å². The Balaban J connectivity index is 1.83. The largest absolute Gasteiger partial charge is 0.496 e. The Bertz CT molecular complexity index is 894. The average molecular weight is 353 g/mol. The van der Waals surface area contributed by atoms with Crippen LogP contribution in [-0.2, 0) is 0 Å². The number of ether oxygens (including phenoxy) is 1. The van der Waals surface area contributed by atoms with E-state index in [4.69, 9.17) is 4.74 Å². The van der Waals surface area contributed by atoms with Gasteiger partial charge in [-0.05, 0) is 24.3 Å². The summed E-state index contributed by atoms with van der Waals surface area (Å²) in [7, 11) is 1.50. The molecule has 0 aliphatic rings. The molecule has 1 heterocycles. The number of para-hydroxylation sites is 2. The molecule has 1 aromatic heterocycles. The number of amides is 2. The van der Waals surface area contributed by atoms with E-state index in [1.54, 1.807) is 60.1 Å². The molecule has 3 rings (SSSR count). The highest BCUT2D eigenvalue weighted by Gasteiger charge is 2.17. The molecule has 0 saturated carbocycles. The van der Waals surface area contributed by atoms with Crippen molar-refractivity contribution in [2.45, 2.75) is 0 Å². The summed E-state index contributed by atoms with van der Waals surface area (Å²) >= 11 is 1.32. The summed E-state index contributed by atoms with van der Waals surface area (Å²) in [6.07, 6.45) is 1.61. The predicted molar refractivity (Wildman–Crippen MR) is 97.5 cm³/mol. The molecule has 0 unspecified atom stereocenters. The number of rotatable bonds is 5. The zero-order valence-electron chi connectivity index (χ0n) is 13.4. The van der Waals surface area contributed by atoms with E-state index < -0.39 is 0 Å². The smallest absolute Gasteiger partial charge is 0.259 e. The first kappa shape index (κ1) is 16.7. The van der Waals surface area contributed by atoms with Crippen LogP contribution in [0, 0.1) is 0 Å². The molecule has 0 aliphatic heterocycles. The van der Waals surface area contributed by atoms with Crippen LogP contribution in [0.2, 0.25) is 0 Å². The molecule has 126 valence electrons. The lowest BCUT2D eigenvalue weighted by atomic mass is 10.1. The van der Waals surface area contributed by atoms with Crippen LogP contribution in [0.3, 0.4) is 0 Å². The quantitative estimate of drug-likeness (QED) is 0.734. The van der Waals surface area contributed by atoms with Gasteiger partial charge in [-0.2, -0.15) is 0 Å². The number of thiazole rings is 1. The topological polar surface area (TPSA) is 80.3 Å². The lowest BCUT2D eigenvalue weighted by molar-refractivity contribution is 0.102. The van der Waals surface area contributed by atoms with Gasteiger partial charge in [0, 0.05) is 11.6 Å². The monoisotopic (exact) mass is 353 g/mol. The number of anilines is 2. The highest BCUT2D eigenvalue weighted by Crippen LogP contribution is 2.22. The van der Waals surface area contributed by atoms with Gasteiger partial charge in [0.1, 0.15) is 5.75 Å². The van der Waals surface area contributed by atoms with Gasteiger partial charge < -0.3 is 10.1 Å². The number of nitrogens with zero attached hydrogens (tertiary/aromatic N) is 1. The van der Waals surface area contributed by atoms with Crippen molar-refractivity contribution in [3.05, 3.63) is 71.2 Å². The van der Waals surface area contributed by atoms with Crippen molar-refractivity contribution < 1.29 is 14.3 Å². The van der Waals surface area contributed by atoms with E-state index in [0.717, 1.165) is 0 Å². The Morgan fingerprint density at radius 3 is 2.36 bits per heavy atom. The van der Waals surface area contributed by atoms with Gasteiger partial charge in [0.15, 0.2) is 5.13 Å². The maximum atomic E-state index is 12.6. The number of carbonyl (C=O) groups excluding carboxylic acids is 2. The van der Waals surface area contributed by atoms with Crippen LogP contribution in [0.15, 0.2) is 60.1 Å². The van der Waals surface area contributed by atoms with Crippen LogP contribution in [0.4, 0.5) is 10.8 Å². The first-order valence-corrected chi connectivity index (χ1v) is 8.31. The molecular weight excluding hydrogens is 338 g/mol. The van der Waals surface area contributed by atoms with Crippen molar-refractivity contribution in [1.82, 2.24) is 4.98 Å². The molecule has 0 saturated heterocycles. The molecule has 0 atom stereocenters. The molecule has 0 radical (unpaired) electrons. The van der Waals surface area contributed by atoms with Crippen molar-refractivity contribution in [3.63, 3.8) is 0 Å². The highest BCUT2D eigenvalue weighted by atomic mass is 32.1. The third-order valence-electron chi connectivity index (χ3n) is 3.42. The molecule has 0 aliphatic carbocycles. The number of hydrogen-bond donors (Lipinski definition) is 2. The average Bonchev–Trinajstić information content (AvgIpc) is 3.15. The molecule has 7 heteroatoms. The molecule has 0 bridgehead atoms. The highest BCUT2D eigenvalue weighted by molar-refractivity contribution is 7.13. The fraction of sp³-hybridized carbons (Fsp3) is 0.0556. The van der Waals surface area contributed by atoms with Gasteiger partial charge in [0.2, 0.25) is 0 Å². The van der Waals surface area contributed by atoms with Crippen LogP contribution in [0.1, 0.15) is 20.7 Å². The number of aromatic nitrogens is 1. The maximum Gasteiger partial charge on any atom is 0.259 e. The molecule has 3 aromatic rings. The summed E-state index contributed by atoms with van der Waals surface area (Å²) in [5.41, 5.74) is 1.15. The molecule has 0 fully saturated rings. The fourth-order valence-corrected chi connectivity index (χ4v) is 2.79. The van der Waals surface area contributed by atoms with Crippen LogP contribution in [0.5, 0.6) is 5.75 Å². The van der Waals surface area contributed by atoms with E-state index >= 15 is 0 Å². The van der Waals surface area contributed by atoms with E-state index in [-0.39, 0.29) is 11.8 Å². The standard InChI is InChI=1S/C18H15N3O3S/c1-24-15-9-5-3-7-13(15)17(23)20-14-8-4-2-6-12(14)16(22)21-18-19-10-11-25-18/h2-11H,1H3,(H,20,23)(H,19,21,22). The Hall–Kier alpha value is -3.19. The van der Waals surface area contributed by atoms with Gasteiger partial charge in [-0.3, -0.25) is 14.9 Å². The van der Waals surface area contributed by atoms with E-state index in [0.29, 0.717) is 27.7 Å². The van der Waals surface area contributed by atoms with Crippen molar-refractivity contribution >= 4 is 34.0 Å². The maximum absolute atomic E-state index is 12.6. The van der Waals surface area contributed by atoms with Gasteiger partial charge >= 0.3 is 0 Å². The fourth-order valence-electron chi connectivity index (χ4n) is 2.26. The molecule has 2 N–H and O–H groups in total. The second kappa shape index (κ2) is 7.59. The minimum absolute atomic E-state index is 0.342. The molecule has 2 aromatic carbocycles. The Kier molecular flexibility index (Phi) is 5.06. The van der Waals surface area contributed by atoms with Crippen molar-refractivity contribution in [2.75, 3.05) is 17.7 Å². The normalized spacial score (nSPS) is 10.1. The lowest BCUT2D eigenvalue weighted by Crippen LogP contribution is -2.18. The van der Waals surface area contributed by atoms with Crippen molar-refractivity contribution in [3.8, 4) is 5.75 Å². The first-order valence-electron chi connectivity index (χ1n) is 7.43. The minimum Gasteiger partial charge on any atom is -0.496 e. The van der Waals surface area contributed by atoms with E-state index in [2.05, 4.69) is 15.6 Å². The van der Waals surface area contributed by atoms with Gasteiger partial charge in [0.25, 0.3) is 11.8 Å². The van der Waals surface area contributed by atoms with Gasteiger partial charge in [-0.25, -0.2) is 4.98 Å². The number of methoxy groups -OCH3 is 1. The van der Waals surface area contributed by atoms with E-state index in [1.807, 2.05) is 0 Å². The number of nitrogens with one attached hydrogen (secondary N) is 2. The SMILES string of the molecule is COc1ccccc1C(=O)Nc1ccccc1C(=O)Nc1nccs1. The predicted octanol–water partition coefficient (Wildman–Crippen LogP) is 3.66. The first-order chi connectivity index (χ1) is 12.2. The summed E-state index contributed by atoms with van der Waals surface area (Å²) in [5, 5.41) is 7.74. The Labute approximate surface area is 148 Å². The number of carbonyl (C=O) groups is 2. The molecule has 0 spiro atoms. The Morgan fingerprint density at radius 2 is 1.64 bits per heavy atom. The third-order valence-corrected chi connectivity index (χ3v) is 4.11. The number of benzene rings is 2. The summed E-state index contributed by atoms with van der Waals surface area (Å²) in [6, 6.07) is 13.7. The Morgan fingerprint density at radius 1 is 0.960 bits per heavy atom. The van der Waals surface area contributed by atoms with Gasteiger partial charge in [-0.1, -0.05) is 24.3 Å². The van der Waals surface area contributed by atoms with Crippen LogP contribution in [0.25, 0.3) is 0 Å². The zero-order valence-corrected chi connectivity index (χ0v) is 14.2. The lowest BCUT2D eigenvalue weighted by Gasteiger charge is -2.12. The van der Waals surface area contributed by atoms with Gasteiger partial charge in [-0.15, -0.1) is 11.3 Å². The zero-order chi connectivity index (χ0) is 17.6. The molecule has 25 heavy (non-hydrogen) atoms. The second-order valence-electron chi connectivity index (χ2n) is 4.99. The van der Waals surface area contributed by atoms with E-state index in [1.165, 1.54) is 18.4 Å². The molecule has 6 nitrogen and oxygen atoms in total. The van der Waals surface area contributed by atoms with Crippen molar-refractivity contribution in [1.29, 1.82) is 0 Å². The van der Waals surface area contributed by atoms with E-state index in [9.17, 15) is 9.59 Å². The van der Waals surface area contributed by atoms with Crippen LogP contribution in [-0.4, -0.2) is 23.9 Å². The molecule has 2 amide bonds. The summed E-state index contributed by atoms with van der Waals surface area (Å²) < 4.78 is 5.20. The second-order valence-corrected chi connectivity index (χ2v) is 5.89. The molecular formula is C18H15N3O3S. The summed E-state index contributed by atoms with van der Waals surface area (Å²) in [6.45, 7) is 0. The van der Waals surface area contributed by atoms with Crippen LogP contribution >= 0.6 is 11.3 Å². The summed E-state index contributed by atoms with van der Waals surface area (Å²) in [5.74, 6) is -0.234.